The zero-order valence-corrected chi connectivity index (χ0v) is 27.6. The Kier molecular flexibility index (Phi) is 9.80. The van der Waals surface area contributed by atoms with Gasteiger partial charge in [-0.3, -0.25) is 19.8 Å². The van der Waals surface area contributed by atoms with Gasteiger partial charge in [0.25, 0.3) is 0 Å². The summed E-state index contributed by atoms with van der Waals surface area (Å²) >= 11 is 0. The van der Waals surface area contributed by atoms with E-state index in [0.717, 1.165) is 110 Å². The number of phenols is 2. The molecule has 0 unspecified atom stereocenters. The molecular weight excluding hydrogens is 572 g/mol. The van der Waals surface area contributed by atoms with Crippen LogP contribution < -0.4 is 0 Å². The molecule has 0 aromatic heterocycles. The molecule has 2 heterocycles. The molecule has 0 radical (unpaired) electrons. The van der Waals surface area contributed by atoms with Gasteiger partial charge in [0.1, 0.15) is 11.5 Å². The second-order valence-electron chi connectivity index (χ2n) is 13.1. The molecule has 46 heavy (non-hydrogen) atoms. The topological polar surface area (TPSA) is 78.1 Å². The van der Waals surface area contributed by atoms with Crippen molar-refractivity contribution in [3.63, 3.8) is 0 Å². The smallest absolute Gasteiger partial charge is 0.128 e. The van der Waals surface area contributed by atoms with Crippen molar-refractivity contribution in [2.45, 2.75) is 26.9 Å². The largest absolute Gasteiger partial charge is 0.507 e. The first-order valence-corrected chi connectivity index (χ1v) is 16.3. The van der Waals surface area contributed by atoms with Gasteiger partial charge < -0.3 is 20.0 Å². The van der Waals surface area contributed by atoms with Crippen LogP contribution in [0, 0.1) is 13.8 Å². The van der Waals surface area contributed by atoms with Gasteiger partial charge >= 0.3 is 0 Å². The fraction of sp³-hybridized carbons (Fsp3) is 0.368. The first-order chi connectivity index (χ1) is 22.2. The number of piperazine rings is 2. The molecule has 8 heteroatoms. The zero-order chi connectivity index (χ0) is 32.2. The van der Waals surface area contributed by atoms with Gasteiger partial charge in [-0.2, -0.15) is 0 Å². The molecule has 0 atom stereocenters. The quantitative estimate of drug-likeness (QED) is 0.241. The molecule has 0 spiro atoms. The maximum absolute atomic E-state index is 11.3. The zero-order valence-electron chi connectivity index (χ0n) is 27.6. The Morgan fingerprint density at radius 2 is 1.02 bits per heavy atom. The third-order valence-electron chi connectivity index (χ3n) is 9.25. The molecule has 2 saturated heterocycles. The molecule has 0 amide bonds. The van der Waals surface area contributed by atoms with Crippen molar-refractivity contribution < 1.29 is 10.2 Å². The van der Waals surface area contributed by atoms with Gasteiger partial charge in [-0.1, -0.05) is 36.4 Å². The average Bonchev–Trinajstić information content (AvgIpc) is 3.04. The number of fused-ring (bicyclic) bond motifs is 1. The predicted molar refractivity (Wildman–Crippen MR) is 190 cm³/mol. The summed E-state index contributed by atoms with van der Waals surface area (Å²) in [6.45, 7) is 13.7. The number of nitrogens with zero attached hydrogens (tertiary/aromatic N) is 6. The highest BCUT2D eigenvalue weighted by Gasteiger charge is 2.18. The van der Waals surface area contributed by atoms with E-state index in [9.17, 15) is 10.2 Å². The van der Waals surface area contributed by atoms with Crippen LogP contribution in [0.5, 0.6) is 11.5 Å². The Morgan fingerprint density at radius 3 is 1.43 bits per heavy atom. The van der Waals surface area contributed by atoms with Crippen molar-refractivity contribution in [3.05, 3.63) is 94.0 Å². The molecule has 0 bridgehead atoms. The number of hydrogen-bond acceptors (Lipinski definition) is 8. The van der Waals surface area contributed by atoms with Crippen LogP contribution in [-0.4, -0.2) is 109 Å². The first kappa shape index (κ1) is 31.9. The minimum Gasteiger partial charge on any atom is -0.507 e. The van der Waals surface area contributed by atoms with Gasteiger partial charge in [0.05, 0.1) is 11.4 Å². The molecule has 6 rings (SSSR count). The van der Waals surface area contributed by atoms with E-state index in [1.807, 2.05) is 36.4 Å². The van der Waals surface area contributed by atoms with Crippen molar-refractivity contribution in [2.24, 2.45) is 9.98 Å². The maximum Gasteiger partial charge on any atom is 0.128 e. The van der Waals surface area contributed by atoms with Gasteiger partial charge in [0.2, 0.25) is 0 Å². The summed E-state index contributed by atoms with van der Waals surface area (Å²) in [5.41, 5.74) is 7.01. The van der Waals surface area contributed by atoms with Crippen LogP contribution in [0.1, 0.15) is 33.4 Å². The maximum atomic E-state index is 11.3. The van der Waals surface area contributed by atoms with E-state index in [1.54, 1.807) is 12.4 Å². The van der Waals surface area contributed by atoms with E-state index in [1.165, 1.54) is 0 Å². The first-order valence-electron chi connectivity index (χ1n) is 16.3. The highest BCUT2D eigenvalue weighted by Crippen LogP contribution is 2.35. The average molecular weight is 619 g/mol. The summed E-state index contributed by atoms with van der Waals surface area (Å²) in [5, 5.41) is 24.5. The molecule has 240 valence electrons. The number of aryl methyl sites for hydroxylation is 2. The summed E-state index contributed by atoms with van der Waals surface area (Å²) in [4.78, 5) is 19.3. The molecule has 0 aliphatic carbocycles. The molecule has 2 N–H and O–H groups in total. The monoisotopic (exact) mass is 618 g/mol. The van der Waals surface area contributed by atoms with E-state index >= 15 is 0 Å². The summed E-state index contributed by atoms with van der Waals surface area (Å²) in [5.74, 6) is 0.572. The molecule has 2 aliphatic heterocycles. The summed E-state index contributed by atoms with van der Waals surface area (Å²) in [7, 11) is 4.30. The lowest BCUT2D eigenvalue weighted by atomic mass is 10.0. The molecule has 8 nitrogen and oxygen atoms in total. The second-order valence-corrected chi connectivity index (χ2v) is 13.1. The third kappa shape index (κ3) is 7.48. The van der Waals surface area contributed by atoms with Gasteiger partial charge in [-0.25, -0.2) is 0 Å². The van der Waals surface area contributed by atoms with Gasteiger partial charge in [0.15, 0.2) is 0 Å². The highest BCUT2D eigenvalue weighted by molar-refractivity contribution is 6.04. The van der Waals surface area contributed by atoms with Crippen LogP contribution in [0.3, 0.4) is 0 Å². The minimum absolute atomic E-state index is 0.286. The number of hydrogen-bond donors (Lipinski definition) is 2. The fourth-order valence-corrected chi connectivity index (χ4v) is 6.49. The molecule has 0 saturated carbocycles. The molecule has 4 aromatic rings. The number of aliphatic imine (C=N–C) groups is 2. The Morgan fingerprint density at radius 1 is 0.609 bits per heavy atom. The van der Waals surface area contributed by atoms with Crippen molar-refractivity contribution in [1.82, 2.24) is 19.6 Å². The lowest BCUT2D eigenvalue weighted by Crippen LogP contribution is -2.43. The number of rotatable bonds is 8. The lowest BCUT2D eigenvalue weighted by Gasteiger charge is -2.32. The fourth-order valence-electron chi connectivity index (χ4n) is 6.49. The second kappa shape index (κ2) is 14.1. The Bertz CT molecular complexity index is 1630. The number of aromatic hydroxyl groups is 2. The van der Waals surface area contributed by atoms with Crippen LogP contribution in [0.15, 0.2) is 70.6 Å². The summed E-state index contributed by atoms with van der Waals surface area (Å²) in [6, 6.07) is 20.2. The molecule has 2 fully saturated rings. The predicted octanol–water partition coefficient (Wildman–Crippen LogP) is 5.86. The van der Waals surface area contributed by atoms with E-state index < -0.39 is 0 Å². The normalized spacial score (nSPS) is 17.6. The SMILES string of the molecule is Cc1cc(C=Nc2cccc3cccc(N=Cc4cc(C)cc(CN5CCN(C)CC5)c4O)c23)c(O)c(CN2CCN(C)CC2)c1. The minimum atomic E-state index is 0.286. The molecular formula is C38H46N6O2. The van der Waals surface area contributed by atoms with E-state index in [-0.39, 0.29) is 11.5 Å². The standard InChI is InChI=1S/C38H46N6O2/c1-27-19-30(37(45)32(21-27)25-43-15-11-41(3)12-16-43)23-39-34-9-5-7-29-8-6-10-35(36(29)34)40-24-31-20-28(2)22-33(38(31)46)26-44-17-13-42(4)14-18-44/h5-10,19-24,45-46H,11-18,25-26H2,1-4H3. The summed E-state index contributed by atoms with van der Waals surface area (Å²) < 4.78 is 0. The van der Waals surface area contributed by atoms with Crippen LogP contribution >= 0.6 is 0 Å². The lowest BCUT2D eigenvalue weighted by molar-refractivity contribution is 0.147. The van der Waals surface area contributed by atoms with E-state index in [2.05, 4.69) is 71.8 Å². The Hall–Kier alpha value is -4.08. The van der Waals surface area contributed by atoms with E-state index in [4.69, 9.17) is 9.98 Å². The van der Waals surface area contributed by atoms with Crippen molar-refractivity contribution in [3.8, 4) is 11.5 Å². The number of phenolic OH excluding ortho intramolecular Hbond substituents is 2. The number of likely N-dealkylation sites (N-methyl/N-ethyl adjacent to an activating group) is 2. The van der Waals surface area contributed by atoms with E-state index in [0.29, 0.717) is 11.1 Å². The van der Waals surface area contributed by atoms with Crippen LogP contribution in [0.25, 0.3) is 10.8 Å². The molecule has 2 aliphatic rings. The van der Waals surface area contributed by atoms with Crippen molar-refractivity contribution in [1.29, 1.82) is 0 Å². The van der Waals surface area contributed by atoms with Gasteiger partial charge in [-0.15, -0.1) is 0 Å². The van der Waals surface area contributed by atoms with Gasteiger partial charge in [-0.05, 0) is 68.7 Å². The van der Waals surface area contributed by atoms with Crippen LogP contribution in [0.4, 0.5) is 11.4 Å². The Balaban J connectivity index is 1.27. The summed E-state index contributed by atoms with van der Waals surface area (Å²) in [6.07, 6.45) is 3.53. The van der Waals surface area contributed by atoms with Gasteiger partial charge in [0, 0.05) is 106 Å². The third-order valence-corrected chi connectivity index (χ3v) is 9.25. The van der Waals surface area contributed by atoms with Crippen molar-refractivity contribution in [2.75, 3.05) is 66.5 Å². The van der Waals surface area contributed by atoms with Crippen molar-refractivity contribution >= 4 is 34.6 Å². The number of benzene rings is 4. The Labute approximate surface area is 272 Å². The van der Waals surface area contributed by atoms with Crippen LogP contribution in [-0.2, 0) is 13.1 Å². The highest BCUT2D eigenvalue weighted by atomic mass is 16.3. The van der Waals surface area contributed by atoms with Crippen LogP contribution in [0.2, 0.25) is 0 Å². The molecule has 4 aromatic carbocycles.